The molecular formula is C14H20N2O3S. The largest absolute Gasteiger partial charge is 0.465 e. The maximum absolute atomic E-state index is 11.9. The molecule has 0 atom stereocenters. The quantitative estimate of drug-likeness (QED) is 0.645. The number of methoxy groups -OCH3 is 1. The SMILES string of the molecule is COC(=O)c1c(NC(C)(C)C2CC2)sc(C(C)=O)c1N. The number of carbonyl (C=O) groups is 2. The molecule has 20 heavy (non-hydrogen) atoms. The van der Waals surface area contributed by atoms with Gasteiger partial charge in [-0.25, -0.2) is 4.79 Å². The third-order valence-corrected chi connectivity index (χ3v) is 4.91. The highest BCUT2D eigenvalue weighted by Crippen LogP contribution is 2.44. The first kappa shape index (κ1) is 14.8. The van der Waals surface area contributed by atoms with E-state index >= 15 is 0 Å². The van der Waals surface area contributed by atoms with Crippen molar-refractivity contribution in [2.24, 2.45) is 5.92 Å². The Hall–Kier alpha value is -1.56. The van der Waals surface area contributed by atoms with Crippen molar-refractivity contribution in [3.8, 4) is 0 Å². The van der Waals surface area contributed by atoms with Gasteiger partial charge in [0.25, 0.3) is 0 Å². The monoisotopic (exact) mass is 296 g/mol. The predicted molar refractivity (Wildman–Crippen MR) is 80.5 cm³/mol. The van der Waals surface area contributed by atoms with Crippen molar-refractivity contribution in [3.63, 3.8) is 0 Å². The van der Waals surface area contributed by atoms with Gasteiger partial charge in [-0.2, -0.15) is 0 Å². The van der Waals surface area contributed by atoms with Gasteiger partial charge in [0, 0.05) is 12.5 Å². The molecule has 1 aromatic rings. The standard InChI is InChI=1S/C14H20N2O3S/c1-7(17)11-10(15)9(13(18)19-4)12(20-11)16-14(2,3)8-5-6-8/h8,16H,5-6,15H2,1-4H3. The van der Waals surface area contributed by atoms with Crippen LogP contribution in [0.4, 0.5) is 10.7 Å². The van der Waals surface area contributed by atoms with Gasteiger partial charge in [0.05, 0.1) is 17.7 Å². The summed E-state index contributed by atoms with van der Waals surface area (Å²) in [5.74, 6) is -0.0765. The fraction of sp³-hybridized carbons (Fsp3) is 0.571. The summed E-state index contributed by atoms with van der Waals surface area (Å²) in [7, 11) is 1.31. The number of nitrogens with two attached hydrogens (primary N) is 1. The van der Waals surface area contributed by atoms with Crippen LogP contribution in [-0.2, 0) is 4.74 Å². The minimum absolute atomic E-state index is 0.131. The molecule has 0 bridgehead atoms. The van der Waals surface area contributed by atoms with Crippen LogP contribution in [0, 0.1) is 5.92 Å². The lowest BCUT2D eigenvalue weighted by Crippen LogP contribution is -2.33. The number of ether oxygens (including phenoxy) is 1. The molecule has 6 heteroatoms. The number of hydrogen-bond acceptors (Lipinski definition) is 6. The Kier molecular flexibility index (Phi) is 3.77. The normalized spacial score (nSPS) is 15.0. The van der Waals surface area contributed by atoms with Gasteiger partial charge in [-0.15, -0.1) is 11.3 Å². The van der Waals surface area contributed by atoms with Gasteiger partial charge in [-0.3, -0.25) is 4.79 Å². The molecule has 0 amide bonds. The van der Waals surface area contributed by atoms with Crippen LogP contribution >= 0.6 is 11.3 Å². The molecule has 2 rings (SSSR count). The number of thiophene rings is 1. The van der Waals surface area contributed by atoms with E-state index in [0.29, 0.717) is 15.8 Å². The van der Waals surface area contributed by atoms with E-state index in [1.165, 1.54) is 38.2 Å². The first-order valence-electron chi connectivity index (χ1n) is 6.57. The number of Topliss-reactive ketones (excluding diaryl/α,β-unsaturated/α-hetero) is 1. The highest BCUT2D eigenvalue weighted by Gasteiger charge is 2.39. The highest BCUT2D eigenvalue weighted by molar-refractivity contribution is 7.19. The van der Waals surface area contributed by atoms with Crippen LogP contribution in [0.1, 0.15) is 53.6 Å². The first-order chi connectivity index (χ1) is 9.27. The van der Waals surface area contributed by atoms with Crippen LogP contribution in [0.15, 0.2) is 0 Å². The van der Waals surface area contributed by atoms with Crippen molar-refractivity contribution in [3.05, 3.63) is 10.4 Å². The lowest BCUT2D eigenvalue weighted by atomic mass is 9.99. The number of esters is 1. The minimum Gasteiger partial charge on any atom is -0.465 e. The summed E-state index contributed by atoms with van der Waals surface area (Å²) in [5.41, 5.74) is 6.30. The number of anilines is 2. The van der Waals surface area contributed by atoms with Crippen molar-refractivity contribution >= 4 is 33.8 Å². The number of rotatable bonds is 5. The van der Waals surface area contributed by atoms with Crippen LogP contribution in [0.2, 0.25) is 0 Å². The van der Waals surface area contributed by atoms with E-state index < -0.39 is 5.97 Å². The molecule has 0 saturated heterocycles. The number of hydrogen-bond donors (Lipinski definition) is 2. The van der Waals surface area contributed by atoms with Crippen molar-refractivity contribution in [1.82, 2.24) is 0 Å². The van der Waals surface area contributed by atoms with E-state index in [-0.39, 0.29) is 22.6 Å². The molecule has 0 radical (unpaired) electrons. The van der Waals surface area contributed by atoms with Crippen LogP contribution in [0.5, 0.6) is 0 Å². The molecule has 1 aromatic heterocycles. The maximum Gasteiger partial charge on any atom is 0.343 e. The Morgan fingerprint density at radius 3 is 2.45 bits per heavy atom. The molecule has 5 nitrogen and oxygen atoms in total. The summed E-state index contributed by atoms with van der Waals surface area (Å²) in [5, 5.41) is 3.99. The Bertz CT molecular complexity index is 559. The molecule has 0 aliphatic heterocycles. The van der Waals surface area contributed by atoms with Gasteiger partial charge in [0.2, 0.25) is 0 Å². The van der Waals surface area contributed by atoms with Crippen molar-refractivity contribution < 1.29 is 14.3 Å². The summed E-state index contributed by atoms with van der Waals surface area (Å²) in [6, 6.07) is 0. The van der Waals surface area contributed by atoms with Crippen molar-refractivity contribution in [1.29, 1.82) is 0 Å². The second-order valence-corrected chi connectivity index (χ2v) is 6.74. The van der Waals surface area contributed by atoms with E-state index in [2.05, 4.69) is 19.2 Å². The zero-order valence-electron chi connectivity index (χ0n) is 12.2. The average Bonchev–Trinajstić information content (AvgIpc) is 3.15. The van der Waals surface area contributed by atoms with Gasteiger partial charge >= 0.3 is 5.97 Å². The van der Waals surface area contributed by atoms with E-state index in [4.69, 9.17) is 10.5 Å². The Balaban J connectivity index is 2.42. The summed E-state index contributed by atoms with van der Waals surface area (Å²) in [6.07, 6.45) is 2.35. The molecule has 1 aliphatic rings. The van der Waals surface area contributed by atoms with Gasteiger partial charge in [0.15, 0.2) is 5.78 Å². The molecule has 1 fully saturated rings. The summed E-state index contributed by atoms with van der Waals surface area (Å²) in [6.45, 7) is 5.63. The molecule has 0 spiro atoms. The first-order valence-corrected chi connectivity index (χ1v) is 7.39. The lowest BCUT2D eigenvalue weighted by Gasteiger charge is -2.27. The zero-order valence-corrected chi connectivity index (χ0v) is 13.0. The van der Waals surface area contributed by atoms with E-state index in [1.54, 1.807) is 0 Å². The molecule has 110 valence electrons. The van der Waals surface area contributed by atoms with E-state index in [1.807, 2.05) is 0 Å². The topological polar surface area (TPSA) is 81.4 Å². The summed E-state index contributed by atoms with van der Waals surface area (Å²) < 4.78 is 4.78. The fourth-order valence-corrected chi connectivity index (χ4v) is 3.47. The number of carbonyl (C=O) groups excluding carboxylic acids is 2. The molecule has 1 heterocycles. The average molecular weight is 296 g/mol. The van der Waals surface area contributed by atoms with Crippen LogP contribution in [0.3, 0.4) is 0 Å². The predicted octanol–water partition coefficient (Wildman–Crippen LogP) is 2.92. The Morgan fingerprint density at radius 2 is 2.00 bits per heavy atom. The molecule has 3 N–H and O–H groups in total. The summed E-state index contributed by atoms with van der Waals surface area (Å²) >= 11 is 1.22. The summed E-state index contributed by atoms with van der Waals surface area (Å²) in [4.78, 5) is 23.9. The Labute approximate surface area is 122 Å². The number of ketones is 1. The second kappa shape index (κ2) is 5.09. The molecule has 0 unspecified atom stereocenters. The molecule has 1 saturated carbocycles. The Morgan fingerprint density at radius 1 is 1.40 bits per heavy atom. The van der Waals surface area contributed by atoms with Gasteiger partial charge in [0.1, 0.15) is 10.6 Å². The maximum atomic E-state index is 11.9. The van der Waals surface area contributed by atoms with Crippen LogP contribution in [0.25, 0.3) is 0 Å². The third-order valence-electron chi connectivity index (χ3n) is 3.69. The molecule has 0 aromatic carbocycles. The van der Waals surface area contributed by atoms with Gasteiger partial charge in [-0.1, -0.05) is 0 Å². The fourth-order valence-electron chi connectivity index (χ4n) is 2.30. The van der Waals surface area contributed by atoms with Crippen molar-refractivity contribution in [2.45, 2.75) is 39.2 Å². The van der Waals surface area contributed by atoms with Gasteiger partial charge < -0.3 is 15.8 Å². The van der Waals surface area contributed by atoms with E-state index in [0.717, 1.165) is 0 Å². The zero-order chi connectivity index (χ0) is 15.1. The smallest absolute Gasteiger partial charge is 0.343 e. The van der Waals surface area contributed by atoms with Gasteiger partial charge in [-0.05, 0) is 32.6 Å². The molecular weight excluding hydrogens is 276 g/mol. The third kappa shape index (κ3) is 2.65. The van der Waals surface area contributed by atoms with Crippen LogP contribution < -0.4 is 11.1 Å². The van der Waals surface area contributed by atoms with Crippen LogP contribution in [-0.4, -0.2) is 24.4 Å². The number of nitrogen functional groups attached to an aromatic ring is 1. The van der Waals surface area contributed by atoms with E-state index in [9.17, 15) is 9.59 Å². The minimum atomic E-state index is -0.514. The highest BCUT2D eigenvalue weighted by atomic mass is 32.1. The second-order valence-electron chi connectivity index (χ2n) is 5.72. The van der Waals surface area contributed by atoms with Crippen molar-refractivity contribution in [2.75, 3.05) is 18.2 Å². The lowest BCUT2D eigenvalue weighted by molar-refractivity contribution is 0.0603. The molecule has 1 aliphatic carbocycles. The number of nitrogens with one attached hydrogen (secondary N) is 1.